The lowest BCUT2D eigenvalue weighted by atomic mass is 10.1. The van der Waals surface area contributed by atoms with E-state index in [2.05, 4.69) is 0 Å². The molecule has 0 aromatic carbocycles. The molecule has 2 heterocycles. The summed E-state index contributed by atoms with van der Waals surface area (Å²) in [5, 5.41) is 8.98. The highest BCUT2D eigenvalue weighted by atomic mass is 16.4. The first-order valence-corrected chi connectivity index (χ1v) is 8.29. The molecule has 1 atom stereocenters. The van der Waals surface area contributed by atoms with Crippen molar-refractivity contribution < 1.29 is 23.9 Å². The van der Waals surface area contributed by atoms with Gasteiger partial charge in [0, 0.05) is 25.2 Å². The maximum atomic E-state index is 12.9. The standard InChI is InChI=1S/C17H24N2O5/c1-4-18(5-2)16(22)12-7-6-8-19(12)17(23)15-11(3)10-24-13(15)9-14(20)21/h10,12H,4-9H2,1-3H3,(H,20,21). The molecule has 1 aliphatic rings. The van der Waals surface area contributed by atoms with E-state index in [-0.39, 0.29) is 29.6 Å². The van der Waals surface area contributed by atoms with E-state index in [0.29, 0.717) is 31.6 Å². The molecule has 0 aliphatic carbocycles. The van der Waals surface area contributed by atoms with Crippen LogP contribution in [0, 0.1) is 6.92 Å². The molecule has 1 N–H and O–H groups in total. The Kier molecular flexibility index (Phi) is 5.64. The minimum atomic E-state index is -1.06. The highest BCUT2D eigenvalue weighted by Crippen LogP contribution is 2.26. The number of furan rings is 1. The molecule has 24 heavy (non-hydrogen) atoms. The van der Waals surface area contributed by atoms with Gasteiger partial charge >= 0.3 is 5.97 Å². The molecule has 1 aliphatic heterocycles. The van der Waals surface area contributed by atoms with Gasteiger partial charge in [0.2, 0.25) is 5.91 Å². The summed E-state index contributed by atoms with van der Waals surface area (Å²) < 4.78 is 5.25. The number of hydrogen-bond donors (Lipinski definition) is 1. The van der Waals surface area contributed by atoms with Crippen molar-refractivity contribution in [3.63, 3.8) is 0 Å². The third-order valence-electron chi connectivity index (χ3n) is 4.45. The number of hydrogen-bond acceptors (Lipinski definition) is 4. The van der Waals surface area contributed by atoms with Crippen molar-refractivity contribution in [1.82, 2.24) is 9.80 Å². The second-order valence-electron chi connectivity index (χ2n) is 5.95. The summed E-state index contributed by atoms with van der Waals surface area (Å²) in [5.41, 5.74) is 0.869. The molecule has 2 rings (SSSR count). The SMILES string of the molecule is CCN(CC)C(=O)C1CCCN1C(=O)c1c(C)coc1CC(=O)O. The quantitative estimate of drug-likeness (QED) is 0.853. The van der Waals surface area contributed by atoms with Crippen LogP contribution in [0.4, 0.5) is 0 Å². The fraction of sp³-hybridized carbons (Fsp3) is 0.588. The zero-order valence-corrected chi connectivity index (χ0v) is 14.4. The van der Waals surface area contributed by atoms with Gasteiger partial charge in [0.25, 0.3) is 5.91 Å². The average molecular weight is 336 g/mol. The highest BCUT2D eigenvalue weighted by molar-refractivity contribution is 6.00. The summed E-state index contributed by atoms with van der Waals surface area (Å²) in [6.07, 6.45) is 2.43. The first-order valence-electron chi connectivity index (χ1n) is 8.29. The van der Waals surface area contributed by atoms with Crippen molar-refractivity contribution in [3.8, 4) is 0 Å². The van der Waals surface area contributed by atoms with Crippen LogP contribution in [0.25, 0.3) is 0 Å². The Hall–Kier alpha value is -2.31. The summed E-state index contributed by atoms with van der Waals surface area (Å²) >= 11 is 0. The smallest absolute Gasteiger partial charge is 0.311 e. The number of likely N-dealkylation sites (tertiary alicyclic amines) is 1. The zero-order chi connectivity index (χ0) is 17.9. The maximum absolute atomic E-state index is 12.9. The normalized spacial score (nSPS) is 17.1. The Morgan fingerprint density at radius 3 is 2.58 bits per heavy atom. The van der Waals surface area contributed by atoms with Crippen molar-refractivity contribution in [1.29, 1.82) is 0 Å². The van der Waals surface area contributed by atoms with Crippen LogP contribution in [0.5, 0.6) is 0 Å². The molecule has 0 saturated carbocycles. The minimum Gasteiger partial charge on any atom is -0.481 e. The molecule has 7 nitrogen and oxygen atoms in total. The first kappa shape index (κ1) is 18.0. The molecule has 1 saturated heterocycles. The molecule has 132 valence electrons. The van der Waals surface area contributed by atoms with Crippen molar-refractivity contribution in [2.75, 3.05) is 19.6 Å². The highest BCUT2D eigenvalue weighted by Gasteiger charge is 2.38. The van der Waals surface area contributed by atoms with Gasteiger partial charge in [0.1, 0.15) is 18.2 Å². The number of aryl methyl sites for hydroxylation is 1. The summed E-state index contributed by atoms with van der Waals surface area (Å²) in [6, 6.07) is -0.482. The van der Waals surface area contributed by atoms with Crippen LogP contribution in [0.1, 0.15) is 48.4 Å². The van der Waals surface area contributed by atoms with E-state index in [4.69, 9.17) is 9.52 Å². The monoisotopic (exact) mass is 336 g/mol. The van der Waals surface area contributed by atoms with Gasteiger partial charge in [-0.25, -0.2) is 0 Å². The van der Waals surface area contributed by atoms with Crippen LogP contribution in [0.15, 0.2) is 10.7 Å². The van der Waals surface area contributed by atoms with Gasteiger partial charge in [0.05, 0.1) is 11.8 Å². The van der Waals surface area contributed by atoms with E-state index in [1.54, 1.807) is 16.7 Å². The molecule has 1 fully saturated rings. The number of likely N-dealkylation sites (N-methyl/N-ethyl adjacent to an activating group) is 1. The van der Waals surface area contributed by atoms with Crippen molar-refractivity contribution >= 4 is 17.8 Å². The fourth-order valence-corrected chi connectivity index (χ4v) is 3.21. The lowest BCUT2D eigenvalue weighted by molar-refractivity contribution is -0.137. The average Bonchev–Trinajstić information content (AvgIpc) is 3.14. The lowest BCUT2D eigenvalue weighted by Gasteiger charge is -2.29. The number of rotatable bonds is 6. The third kappa shape index (κ3) is 3.44. The Bertz CT molecular complexity index is 633. The Morgan fingerprint density at radius 1 is 1.33 bits per heavy atom. The van der Waals surface area contributed by atoms with Crippen molar-refractivity contribution in [2.24, 2.45) is 0 Å². The second-order valence-corrected chi connectivity index (χ2v) is 5.95. The van der Waals surface area contributed by atoms with Gasteiger partial charge < -0.3 is 19.3 Å². The summed E-state index contributed by atoms with van der Waals surface area (Å²) in [6.45, 7) is 7.22. The molecule has 0 radical (unpaired) electrons. The number of carboxylic acids is 1. The van der Waals surface area contributed by atoms with E-state index in [1.807, 2.05) is 13.8 Å². The van der Waals surface area contributed by atoms with Crippen molar-refractivity contribution in [2.45, 2.75) is 46.1 Å². The third-order valence-corrected chi connectivity index (χ3v) is 4.45. The molecule has 7 heteroatoms. The lowest BCUT2D eigenvalue weighted by Crippen LogP contribution is -2.48. The van der Waals surface area contributed by atoms with Crippen LogP contribution in [0.3, 0.4) is 0 Å². The van der Waals surface area contributed by atoms with Crippen LogP contribution in [-0.2, 0) is 16.0 Å². The molecule has 0 bridgehead atoms. The molecule has 2 amide bonds. The summed E-state index contributed by atoms with van der Waals surface area (Å²) in [7, 11) is 0. The maximum Gasteiger partial charge on any atom is 0.311 e. The van der Waals surface area contributed by atoms with Crippen LogP contribution < -0.4 is 0 Å². The van der Waals surface area contributed by atoms with E-state index in [9.17, 15) is 14.4 Å². The molecular weight excluding hydrogens is 312 g/mol. The predicted molar refractivity (Wildman–Crippen MR) is 86.8 cm³/mol. The predicted octanol–water partition coefficient (Wildman–Crippen LogP) is 1.69. The molecule has 1 unspecified atom stereocenters. The topological polar surface area (TPSA) is 91.1 Å². The van der Waals surface area contributed by atoms with E-state index in [1.165, 1.54) is 6.26 Å². The van der Waals surface area contributed by atoms with Crippen LogP contribution >= 0.6 is 0 Å². The van der Waals surface area contributed by atoms with Crippen LogP contribution in [0.2, 0.25) is 0 Å². The number of carbonyl (C=O) groups excluding carboxylic acids is 2. The Balaban J connectivity index is 2.27. The van der Waals surface area contributed by atoms with Gasteiger partial charge in [-0.3, -0.25) is 14.4 Å². The fourth-order valence-electron chi connectivity index (χ4n) is 3.21. The number of carbonyl (C=O) groups is 3. The number of amides is 2. The van der Waals surface area contributed by atoms with Crippen LogP contribution in [-0.4, -0.2) is 58.4 Å². The minimum absolute atomic E-state index is 0.0493. The number of nitrogens with zero attached hydrogens (tertiary/aromatic N) is 2. The van der Waals surface area contributed by atoms with E-state index in [0.717, 1.165) is 6.42 Å². The van der Waals surface area contributed by atoms with Gasteiger partial charge in [-0.1, -0.05) is 0 Å². The van der Waals surface area contributed by atoms with Gasteiger partial charge in [-0.05, 0) is 33.6 Å². The van der Waals surface area contributed by atoms with Crippen molar-refractivity contribution in [3.05, 3.63) is 23.2 Å². The Morgan fingerprint density at radius 2 is 2.00 bits per heavy atom. The van der Waals surface area contributed by atoms with E-state index >= 15 is 0 Å². The van der Waals surface area contributed by atoms with Gasteiger partial charge in [0.15, 0.2) is 0 Å². The largest absolute Gasteiger partial charge is 0.481 e. The molecule has 0 spiro atoms. The molecular formula is C17H24N2O5. The first-order chi connectivity index (χ1) is 11.4. The molecule has 1 aromatic heterocycles. The van der Waals surface area contributed by atoms with Gasteiger partial charge in [-0.15, -0.1) is 0 Å². The summed E-state index contributed by atoms with van der Waals surface area (Å²) in [5.74, 6) is -1.28. The van der Waals surface area contributed by atoms with Gasteiger partial charge in [-0.2, -0.15) is 0 Å². The zero-order valence-electron chi connectivity index (χ0n) is 14.4. The number of carboxylic acid groups (broad SMARTS) is 1. The number of aliphatic carboxylic acids is 1. The summed E-state index contributed by atoms with van der Waals surface area (Å²) in [4.78, 5) is 39.8. The Labute approximate surface area is 141 Å². The molecule has 1 aromatic rings. The van der Waals surface area contributed by atoms with E-state index < -0.39 is 12.0 Å². The second kappa shape index (κ2) is 7.51.